The Morgan fingerprint density at radius 1 is 1.38 bits per heavy atom. The van der Waals surface area contributed by atoms with Crippen molar-refractivity contribution < 1.29 is 0 Å². The summed E-state index contributed by atoms with van der Waals surface area (Å²) >= 11 is 0. The zero-order valence-corrected chi connectivity index (χ0v) is 9.74. The van der Waals surface area contributed by atoms with E-state index in [1.165, 1.54) is 5.56 Å². The molecule has 0 fully saturated rings. The van der Waals surface area contributed by atoms with Crippen LogP contribution in [0, 0.1) is 11.3 Å². The molecule has 0 spiro atoms. The van der Waals surface area contributed by atoms with E-state index in [1.54, 1.807) is 0 Å². The third-order valence-electron chi connectivity index (χ3n) is 2.65. The molecule has 0 amide bonds. The van der Waals surface area contributed by atoms with Gasteiger partial charge in [0.15, 0.2) is 0 Å². The Hall–Kier alpha value is -1.37. The molecule has 0 aliphatic rings. The molecular formula is C13H19N3. The van der Waals surface area contributed by atoms with Gasteiger partial charge in [-0.25, -0.2) is 0 Å². The van der Waals surface area contributed by atoms with Gasteiger partial charge in [0, 0.05) is 6.54 Å². The summed E-state index contributed by atoms with van der Waals surface area (Å²) in [7, 11) is 0. The molecule has 0 heterocycles. The van der Waals surface area contributed by atoms with Crippen molar-refractivity contribution >= 4 is 0 Å². The van der Waals surface area contributed by atoms with Crippen LogP contribution in [-0.2, 0) is 6.54 Å². The fraction of sp³-hybridized carbons (Fsp3) is 0.462. The second-order valence-electron chi connectivity index (χ2n) is 4.18. The molecule has 0 aliphatic heterocycles. The van der Waals surface area contributed by atoms with Gasteiger partial charge in [0.25, 0.3) is 0 Å². The van der Waals surface area contributed by atoms with Gasteiger partial charge in [-0.2, -0.15) is 5.26 Å². The summed E-state index contributed by atoms with van der Waals surface area (Å²) in [6, 6.07) is 12.4. The zero-order chi connectivity index (χ0) is 11.9. The number of nitrogens with one attached hydrogen (secondary N) is 1. The van der Waals surface area contributed by atoms with Crippen molar-refractivity contribution in [2.45, 2.75) is 31.8 Å². The molecule has 0 aliphatic carbocycles. The number of hydrogen-bond donors (Lipinski definition) is 2. The Morgan fingerprint density at radius 3 is 2.62 bits per heavy atom. The van der Waals surface area contributed by atoms with Gasteiger partial charge in [-0.3, -0.25) is 5.32 Å². The highest BCUT2D eigenvalue weighted by atomic mass is 15.0. The SMILES string of the molecule is CC(C#N)(CCCN)NCc1ccccc1. The van der Waals surface area contributed by atoms with Crippen LogP contribution in [0.4, 0.5) is 0 Å². The fourth-order valence-electron chi connectivity index (χ4n) is 1.53. The molecule has 16 heavy (non-hydrogen) atoms. The summed E-state index contributed by atoms with van der Waals surface area (Å²) in [6.45, 7) is 3.27. The predicted molar refractivity (Wildman–Crippen MR) is 65.6 cm³/mol. The first-order valence-electron chi connectivity index (χ1n) is 5.60. The van der Waals surface area contributed by atoms with Crippen LogP contribution in [0.15, 0.2) is 30.3 Å². The summed E-state index contributed by atoms with van der Waals surface area (Å²) in [5, 5.41) is 12.4. The number of benzene rings is 1. The summed E-state index contributed by atoms with van der Waals surface area (Å²) in [5.41, 5.74) is 6.17. The second-order valence-corrected chi connectivity index (χ2v) is 4.18. The first-order valence-corrected chi connectivity index (χ1v) is 5.60. The summed E-state index contributed by atoms with van der Waals surface area (Å²) in [4.78, 5) is 0. The maximum Gasteiger partial charge on any atom is 0.104 e. The number of rotatable bonds is 6. The van der Waals surface area contributed by atoms with Crippen LogP contribution in [0.25, 0.3) is 0 Å². The van der Waals surface area contributed by atoms with E-state index in [9.17, 15) is 0 Å². The minimum absolute atomic E-state index is 0.477. The summed E-state index contributed by atoms with van der Waals surface area (Å²) in [6.07, 6.45) is 1.65. The Bertz CT molecular complexity index is 342. The van der Waals surface area contributed by atoms with E-state index in [1.807, 2.05) is 37.3 Å². The number of nitriles is 1. The fourth-order valence-corrected chi connectivity index (χ4v) is 1.53. The average Bonchev–Trinajstić information content (AvgIpc) is 2.35. The molecule has 0 aromatic heterocycles. The van der Waals surface area contributed by atoms with Gasteiger partial charge in [0.2, 0.25) is 0 Å². The van der Waals surface area contributed by atoms with Crippen molar-refractivity contribution in [2.24, 2.45) is 5.73 Å². The monoisotopic (exact) mass is 217 g/mol. The van der Waals surface area contributed by atoms with Crippen molar-refractivity contribution in [1.29, 1.82) is 5.26 Å². The molecular weight excluding hydrogens is 198 g/mol. The molecule has 3 nitrogen and oxygen atoms in total. The Balaban J connectivity index is 2.49. The van der Waals surface area contributed by atoms with Crippen molar-refractivity contribution in [2.75, 3.05) is 6.54 Å². The van der Waals surface area contributed by atoms with Crippen LogP contribution in [0.2, 0.25) is 0 Å². The van der Waals surface area contributed by atoms with E-state index in [-0.39, 0.29) is 0 Å². The lowest BCUT2D eigenvalue weighted by Gasteiger charge is -2.23. The Labute approximate surface area is 97.3 Å². The molecule has 86 valence electrons. The third kappa shape index (κ3) is 4.01. The second kappa shape index (κ2) is 6.26. The molecule has 1 aromatic rings. The molecule has 1 atom stereocenters. The number of hydrogen-bond acceptors (Lipinski definition) is 3. The van der Waals surface area contributed by atoms with Crippen LogP contribution in [0.5, 0.6) is 0 Å². The van der Waals surface area contributed by atoms with Crippen LogP contribution >= 0.6 is 0 Å². The van der Waals surface area contributed by atoms with Gasteiger partial charge < -0.3 is 5.73 Å². The largest absolute Gasteiger partial charge is 0.330 e. The van der Waals surface area contributed by atoms with Crippen molar-refractivity contribution in [3.63, 3.8) is 0 Å². The van der Waals surface area contributed by atoms with E-state index >= 15 is 0 Å². The maximum atomic E-state index is 9.14. The minimum atomic E-state index is -0.477. The highest BCUT2D eigenvalue weighted by molar-refractivity contribution is 5.15. The van der Waals surface area contributed by atoms with E-state index < -0.39 is 5.54 Å². The van der Waals surface area contributed by atoms with Gasteiger partial charge in [0.05, 0.1) is 6.07 Å². The van der Waals surface area contributed by atoms with E-state index in [0.29, 0.717) is 6.54 Å². The van der Waals surface area contributed by atoms with Gasteiger partial charge in [-0.15, -0.1) is 0 Å². The molecule has 0 bridgehead atoms. The normalized spacial score (nSPS) is 14.1. The van der Waals surface area contributed by atoms with Crippen LogP contribution in [0.3, 0.4) is 0 Å². The van der Waals surface area contributed by atoms with Gasteiger partial charge >= 0.3 is 0 Å². The highest BCUT2D eigenvalue weighted by Crippen LogP contribution is 2.11. The van der Waals surface area contributed by atoms with E-state index in [0.717, 1.165) is 19.4 Å². The molecule has 1 rings (SSSR count). The molecule has 0 saturated carbocycles. The molecule has 0 saturated heterocycles. The molecule has 1 unspecified atom stereocenters. The lowest BCUT2D eigenvalue weighted by Crippen LogP contribution is -2.40. The minimum Gasteiger partial charge on any atom is -0.330 e. The van der Waals surface area contributed by atoms with Crippen LogP contribution in [0.1, 0.15) is 25.3 Å². The standard InChI is InChI=1S/C13H19N3/c1-13(11-15,8-5-9-14)16-10-12-6-3-2-4-7-12/h2-4,6-7,16H,5,8-10,14H2,1H3. The Morgan fingerprint density at radius 2 is 2.06 bits per heavy atom. The Kier molecular flexibility index (Phi) is 4.97. The summed E-state index contributed by atoms with van der Waals surface area (Å²) in [5.74, 6) is 0. The zero-order valence-electron chi connectivity index (χ0n) is 9.74. The van der Waals surface area contributed by atoms with Crippen molar-refractivity contribution in [3.8, 4) is 6.07 Å². The third-order valence-corrected chi connectivity index (χ3v) is 2.65. The van der Waals surface area contributed by atoms with Gasteiger partial charge in [0.1, 0.15) is 5.54 Å². The first kappa shape index (κ1) is 12.7. The molecule has 0 radical (unpaired) electrons. The predicted octanol–water partition coefficient (Wildman–Crippen LogP) is 1.80. The lowest BCUT2D eigenvalue weighted by atomic mass is 9.97. The summed E-state index contributed by atoms with van der Waals surface area (Å²) < 4.78 is 0. The van der Waals surface area contributed by atoms with E-state index in [2.05, 4.69) is 11.4 Å². The quantitative estimate of drug-likeness (QED) is 0.763. The molecule has 3 N–H and O–H groups in total. The highest BCUT2D eigenvalue weighted by Gasteiger charge is 2.21. The smallest absolute Gasteiger partial charge is 0.104 e. The average molecular weight is 217 g/mol. The molecule has 3 heteroatoms. The van der Waals surface area contributed by atoms with E-state index in [4.69, 9.17) is 11.0 Å². The number of nitrogens with zero attached hydrogens (tertiary/aromatic N) is 1. The maximum absolute atomic E-state index is 9.14. The number of nitrogens with two attached hydrogens (primary N) is 1. The van der Waals surface area contributed by atoms with Crippen molar-refractivity contribution in [1.82, 2.24) is 5.32 Å². The van der Waals surface area contributed by atoms with Crippen molar-refractivity contribution in [3.05, 3.63) is 35.9 Å². The topological polar surface area (TPSA) is 61.8 Å². The first-order chi connectivity index (χ1) is 7.70. The lowest BCUT2D eigenvalue weighted by molar-refractivity contribution is 0.407. The molecule has 1 aromatic carbocycles. The van der Waals surface area contributed by atoms with Crippen LogP contribution < -0.4 is 11.1 Å². The van der Waals surface area contributed by atoms with Gasteiger partial charge in [-0.1, -0.05) is 30.3 Å². The van der Waals surface area contributed by atoms with Gasteiger partial charge in [-0.05, 0) is 31.9 Å². The van der Waals surface area contributed by atoms with Crippen LogP contribution in [-0.4, -0.2) is 12.1 Å².